The molecule has 1 atom stereocenters. The number of hydrogen-bond acceptors (Lipinski definition) is 3. The minimum Gasteiger partial charge on any atom is -0.365 e. The third-order valence-electron chi connectivity index (χ3n) is 4.99. The largest absolute Gasteiger partial charge is 0.365 e. The van der Waals surface area contributed by atoms with E-state index in [1.54, 1.807) is 6.07 Å². The molecule has 2 aromatic carbocycles. The van der Waals surface area contributed by atoms with Crippen LogP contribution in [-0.2, 0) is 30.9 Å². The van der Waals surface area contributed by atoms with Gasteiger partial charge in [0.25, 0.3) is 5.91 Å². The van der Waals surface area contributed by atoms with E-state index in [-0.39, 0.29) is 12.0 Å². The van der Waals surface area contributed by atoms with Crippen molar-refractivity contribution in [2.24, 2.45) is 0 Å². The van der Waals surface area contributed by atoms with E-state index in [0.29, 0.717) is 30.4 Å². The Morgan fingerprint density at radius 1 is 1.18 bits per heavy atom. The van der Waals surface area contributed by atoms with Crippen molar-refractivity contribution in [1.82, 2.24) is 15.1 Å². The van der Waals surface area contributed by atoms with Crippen molar-refractivity contribution < 1.29 is 9.53 Å². The molecule has 0 saturated heterocycles. The number of rotatable bonds is 5. The number of aryl methyl sites for hydroxylation is 1. The van der Waals surface area contributed by atoms with Gasteiger partial charge in [0.1, 0.15) is 6.10 Å². The summed E-state index contributed by atoms with van der Waals surface area (Å²) in [4.78, 5) is 12.5. The van der Waals surface area contributed by atoms with Crippen LogP contribution in [0.4, 0.5) is 0 Å². The average molecular weight is 396 g/mol. The van der Waals surface area contributed by atoms with E-state index in [9.17, 15) is 4.79 Å². The van der Waals surface area contributed by atoms with E-state index in [1.165, 1.54) is 5.56 Å². The second-order valence-electron chi connectivity index (χ2n) is 6.91. The van der Waals surface area contributed by atoms with Crippen LogP contribution < -0.4 is 5.32 Å². The van der Waals surface area contributed by atoms with Crippen LogP contribution in [0.15, 0.2) is 54.6 Å². The second-order valence-corrected chi connectivity index (χ2v) is 7.34. The van der Waals surface area contributed by atoms with Gasteiger partial charge in [-0.1, -0.05) is 54.9 Å². The molecule has 1 aromatic heterocycles. The lowest BCUT2D eigenvalue weighted by Crippen LogP contribution is -2.24. The van der Waals surface area contributed by atoms with Gasteiger partial charge in [-0.05, 0) is 41.3 Å². The summed E-state index contributed by atoms with van der Waals surface area (Å²) in [6, 6.07) is 17.7. The SMILES string of the molecule is CCc1ccc(CNC(=O)c2cc3n(n2)C[C@@H](c2ccc(Cl)cc2)OC3)cc1. The molecule has 0 aliphatic carbocycles. The first-order valence-corrected chi connectivity index (χ1v) is 9.80. The standard InChI is InChI=1S/C22H22ClN3O2/c1-2-15-3-5-16(6-4-15)12-24-22(27)20-11-19-14-28-21(13-26(19)25-20)17-7-9-18(23)10-8-17/h3-11,21H,2,12-14H2,1H3,(H,24,27)/t21-/m0/s1. The van der Waals surface area contributed by atoms with Crippen molar-refractivity contribution in [2.45, 2.75) is 39.1 Å². The number of nitrogens with one attached hydrogen (secondary N) is 1. The lowest BCUT2D eigenvalue weighted by Gasteiger charge is -2.24. The highest BCUT2D eigenvalue weighted by molar-refractivity contribution is 6.30. The van der Waals surface area contributed by atoms with Gasteiger partial charge in [0.05, 0.1) is 18.8 Å². The number of aromatic nitrogens is 2. The Bertz CT molecular complexity index is 964. The minimum atomic E-state index is -0.176. The van der Waals surface area contributed by atoms with Crippen molar-refractivity contribution in [3.63, 3.8) is 0 Å². The highest BCUT2D eigenvalue weighted by atomic mass is 35.5. The third kappa shape index (κ3) is 4.11. The van der Waals surface area contributed by atoms with Crippen LogP contribution in [0.1, 0.15) is 45.9 Å². The zero-order valence-electron chi connectivity index (χ0n) is 15.7. The number of ether oxygens (including phenoxy) is 1. The van der Waals surface area contributed by atoms with E-state index in [1.807, 2.05) is 41.1 Å². The topological polar surface area (TPSA) is 56.2 Å². The first kappa shape index (κ1) is 18.7. The van der Waals surface area contributed by atoms with E-state index in [0.717, 1.165) is 23.2 Å². The fraction of sp³-hybridized carbons (Fsp3) is 0.273. The molecule has 1 N–H and O–H groups in total. The van der Waals surface area contributed by atoms with Gasteiger partial charge >= 0.3 is 0 Å². The Kier molecular flexibility index (Phi) is 5.46. The van der Waals surface area contributed by atoms with Crippen molar-refractivity contribution in [3.05, 3.63) is 87.7 Å². The van der Waals surface area contributed by atoms with Crippen molar-refractivity contribution in [3.8, 4) is 0 Å². The summed E-state index contributed by atoms with van der Waals surface area (Å²) in [5, 5.41) is 8.12. The van der Waals surface area contributed by atoms with Crippen molar-refractivity contribution in [2.75, 3.05) is 0 Å². The molecule has 2 heterocycles. The van der Waals surface area contributed by atoms with Crippen molar-refractivity contribution in [1.29, 1.82) is 0 Å². The molecule has 6 heteroatoms. The monoisotopic (exact) mass is 395 g/mol. The average Bonchev–Trinajstić information content (AvgIpc) is 3.16. The van der Waals surface area contributed by atoms with Crippen LogP contribution in [0.25, 0.3) is 0 Å². The summed E-state index contributed by atoms with van der Waals surface area (Å²) in [5.41, 5.74) is 4.73. The number of carbonyl (C=O) groups excluding carboxylic acids is 1. The molecule has 144 valence electrons. The fourth-order valence-corrected chi connectivity index (χ4v) is 3.41. The summed E-state index contributed by atoms with van der Waals surface area (Å²) >= 11 is 5.96. The Labute approximate surface area is 169 Å². The van der Waals surface area contributed by atoms with E-state index in [2.05, 4.69) is 29.5 Å². The number of amides is 1. The molecular weight excluding hydrogens is 374 g/mol. The molecule has 0 unspecified atom stereocenters. The molecule has 0 fully saturated rings. The van der Waals surface area contributed by atoms with Gasteiger partial charge in [-0.3, -0.25) is 9.48 Å². The predicted molar refractivity (Wildman–Crippen MR) is 108 cm³/mol. The molecule has 1 aliphatic heterocycles. The molecule has 5 nitrogen and oxygen atoms in total. The summed E-state index contributed by atoms with van der Waals surface area (Å²) in [6.45, 7) is 3.60. The maximum absolute atomic E-state index is 12.5. The van der Waals surface area contributed by atoms with Gasteiger partial charge < -0.3 is 10.1 Å². The first-order chi connectivity index (χ1) is 13.6. The molecule has 1 amide bonds. The van der Waals surface area contributed by atoms with E-state index >= 15 is 0 Å². The number of halogens is 1. The molecule has 0 spiro atoms. The molecule has 0 radical (unpaired) electrons. The smallest absolute Gasteiger partial charge is 0.272 e. The number of fused-ring (bicyclic) bond motifs is 1. The molecule has 3 aromatic rings. The van der Waals surface area contributed by atoms with Crippen molar-refractivity contribution >= 4 is 17.5 Å². The number of carbonyl (C=O) groups is 1. The molecule has 0 saturated carbocycles. The molecule has 0 bridgehead atoms. The summed E-state index contributed by atoms with van der Waals surface area (Å²) in [5.74, 6) is -0.176. The van der Waals surface area contributed by atoms with Gasteiger partial charge in [-0.15, -0.1) is 0 Å². The zero-order chi connectivity index (χ0) is 19.5. The highest BCUT2D eigenvalue weighted by Crippen LogP contribution is 2.27. The van der Waals surface area contributed by atoms with Gasteiger partial charge in [-0.2, -0.15) is 5.10 Å². The van der Waals surface area contributed by atoms with Crippen LogP contribution in [0.2, 0.25) is 5.02 Å². The van der Waals surface area contributed by atoms with E-state index < -0.39 is 0 Å². The Balaban J connectivity index is 1.40. The van der Waals surface area contributed by atoms with Gasteiger partial charge in [0.15, 0.2) is 5.69 Å². The molecule has 28 heavy (non-hydrogen) atoms. The Hall–Kier alpha value is -2.63. The maximum atomic E-state index is 12.5. The first-order valence-electron chi connectivity index (χ1n) is 9.42. The van der Waals surface area contributed by atoms with Crippen LogP contribution in [0, 0.1) is 0 Å². The third-order valence-corrected chi connectivity index (χ3v) is 5.25. The molecule has 1 aliphatic rings. The predicted octanol–water partition coefficient (Wildman–Crippen LogP) is 4.30. The number of benzene rings is 2. The minimum absolute atomic E-state index is 0.0994. The van der Waals surface area contributed by atoms with Crippen LogP contribution in [0.3, 0.4) is 0 Å². The van der Waals surface area contributed by atoms with Crippen LogP contribution in [0.5, 0.6) is 0 Å². The summed E-state index contributed by atoms with van der Waals surface area (Å²) in [6.07, 6.45) is 0.906. The van der Waals surface area contributed by atoms with Gasteiger partial charge in [0.2, 0.25) is 0 Å². The quantitative estimate of drug-likeness (QED) is 0.700. The Morgan fingerprint density at radius 2 is 1.89 bits per heavy atom. The number of nitrogens with zero attached hydrogens (tertiary/aromatic N) is 2. The molecule has 4 rings (SSSR count). The highest BCUT2D eigenvalue weighted by Gasteiger charge is 2.24. The lowest BCUT2D eigenvalue weighted by atomic mass is 10.1. The van der Waals surface area contributed by atoms with Gasteiger partial charge in [0, 0.05) is 11.6 Å². The fourth-order valence-electron chi connectivity index (χ4n) is 3.28. The normalized spacial score (nSPS) is 15.9. The Morgan fingerprint density at radius 3 is 2.61 bits per heavy atom. The second kappa shape index (κ2) is 8.17. The zero-order valence-corrected chi connectivity index (χ0v) is 16.4. The number of hydrogen-bond donors (Lipinski definition) is 1. The summed E-state index contributed by atoms with van der Waals surface area (Å²) in [7, 11) is 0. The van der Waals surface area contributed by atoms with Crippen LogP contribution in [-0.4, -0.2) is 15.7 Å². The maximum Gasteiger partial charge on any atom is 0.272 e. The molecular formula is C22H22ClN3O2. The lowest BCUT2D eigenvalue weighted by molar-refractivity contribution is -0.00119. The van der Waals surface area contributed by atoms with E-state index in [4.69, 9.17) is 16.3 Å². The summed E-state index contributed by atoms with van der Waals surface area (Å²) < 4.78 is 7.79. The van der Waals surface area contributed by atoms with Crippen LogP contribution >= 0.6 is 11.6 Å². The van der Waals surface area contributed by atoms with Gasteiger partial charge in [-0.25, -0.2) is 0 Å².